The fourth-order valence-corrected chi connectivity index (χ4v) is 4.55. The lowest BCUT2D eigenvalue weighted by Gasteiger charge is -2.44. The highest BCUT2D eigenvalue weighted by molar-refractivity contribution is 7.89. The molecule has 4 rings (SSSR count). The van der Waals surface area contributed by atoms with Gasteiger partial charge in [0, 0.05) is 12.6 Å². The molecule has 3 aliphatic rings. The Balaban J connectivity index is 1.84. The Bertz CT molecular complexity index is 612. The average Bonchev–Trinajstić information content (AvgIpc) is 2.42. The molecule has 0 aromatic heterocycles. The Morgan fingerprint density at radius 1 is 1.30 bits per heavy atom. The SMILES string of the molecule is Nc1c(F)cccc1S(=O)(=O)NC1CN2CCC1CC2. The van der Waals surface area contributed by atoms with Crippen LogP contribution in [0.1, 0.15) is 12.8 Å². The minimum atomic E-state index is -3.78. The quantitative estimate of drug-likeness (QED) is 0.809. The van der Waals surface area contributed by atoms with Gasteiger partial charge in [0.2, 0.25) is 10.0 Å². The Morgan fingerprint density at radius 2 is 2.00 bits per heavy atom. The maximum atomic E-state index is 13.4. The van der Waals surface area contributed by atoms with Crippen molar-refractivity contribution in [3.05, 3.63) is 24.0 Å². The van der Waals surface area contributed by atoms with Gasteiger partial charge in [0.15, 0.2) is 0 Å². The van der Waals surface area contributed by atoms with Crippen LogP contribution in [0.3, 0.4) is 0 Å². The summed E-state index contributed by atoms with van der Waals surface area (Å²) in [7, 11) is -3.78. The summed E-state index contributed by atoms with van der Waals surface area (Å²) >= 11 is 0. The summed E-state index contributed by atoms with van der Waals surface area (Å²) in [5, 5.41) is 0. The van der Waals surface area contributed by atoms with Crippen LogP contribution in [0.15, 0.2) is 23.1 Å². The number of hydrogen-bond acceptors (Lipinski definition) is 4. The number of nitrogens with one attached hydrogen (secondary N) is 1. The van der Waals surface area contributed by atoms with Crippen LogP contribution in [0, 0.1) is 11.7 Å². The molecule has 3 heterocycles. The van der Waals surface area contributed by atoms with E-state index in [0.29, 0.717) is 5.92 Å². The monoisotopic (exact) mass is 299 g/mol. The molecule has 0 radical (unpaired) electrons. The Labute approximate surface area is 118 Å². The molecule has 3 N–H and O–H groups in total. The zero-order valence-electron chi connectivity index (χ0n) is 11.0. The average molecular weight is 299 g/mol. The highest BCUT2D eigenvalue weighted by atomic mass is 32.2. The van der Waals surface area contributed by atoms with Crippen molar-refractivity contribution in [2.45, 2.75) is 23.8 Å². The third-order valence-corrected chi connectivity index (χ3v) is 5.81. The van der Waals surface area contributed by atoms with E-state index < -0.39 is 15.8 Å². The molecule has 3 fully saturated rings. The second-order valence-electron chi connectivity index (χ2n) is 5.52. The minimum absolute atomic E-state index is 0.106. The van der Waals surface area contributed by atoms with Gasteiger partial charge in [-0.1, -0.05) is 6.07 Å². The number of fused-ring (bicyclic) bond motifs is 3. The van der Waals surface area contributed by atoms with E-state index in [9.17, 15) is 12.8 Å². The molecule has 0 amide bonds. The molecule has 1 unspecified atom stereocenters. The normalized spacial score (nSPS) is 29.6. The van der Waals surface area contributed by atoms with Crippen LogP contribution < -0.4 is 10.5 Å². The molecular weight excluding hydrogens is 281 g/mol. The zero-order chi connectivity index (χ0) is 14.3. The number of hydrogen-bond donors (Lipinski definition) is 2. The van der Waals surface area contributed by atoms with Gasteiger partial charge in [-0.3, -0.25) is 0 Å². The standard InChI is InChI=1S/C13H18FN3O2S/c14-10-2-1-3-12(13(10)15)20(18,19)16-11-8-17-6-4-9(11)5-7-17/h1-3,9,11,16H,4-8,15H2. The van der Waals surface area contributed by atoms with Gasteiger partial charge in [0.25, 0.3) is 0 Å². The second-order valence-corrected chi connectivity index (χ2v) is 7.20. The van der Waals surface area contributed by atoms with Crippen LogP contribution in [-0.4, -0.2) is 39.0 Å². The predicted molar refractivity (Wildman–Crippen MR) is 74.1 cm³/mol. The number of rotatable bonds is 3. The maximum absolute atomic E-state index is 13.4. The number of nitrogens with zero attached hydrogens (tertiary/aromatic N) is 1. The molecule has 2 bridgehead atoms. The lowest BCUT2D eigenvalue weighted by atomic mass is 9.85. The van der Waals surface area contributed by atoms with E-state index in [-0.39, 0.29) is 16.6 Å². The first-order valence-corrected chi connectivity index (χ1v) is 8.24. The van der Waals surface area contributed by atoms with Gasteiger partial charge in [0.1, 0.15) is 10.7 Å². The highest BCUT2D eigenvalue weighted by Crippen LogP contribution is 2.29. The first-order valence-electron chi connectivity index (χ1n) is 6.76. The van der Waals surface area contributed by atoms with E-state index in [0.717, 1.165) is 38.5 Å². The maximum Gasteiger partial charge on any atom is 0.243 e. The van der Waals surface area contributed by atoms with Crippen LogP contribution in [0.4, 0.5) is 10.1 Å². The number of benzene rings is 1. The van der Waals surface area contributed by atoms with E-state index in [1.165, 1.54) is 12.1 Å². The van der Waals surface area contributed by atoms with Gasteiger partial charge in [-0.25, -0.2) is 17.5 Å². The summed E-state index contributed by atoms with van der Waals surface area (Å²) in [6.45, 7) is 2.79. The zero-order valence-corrected chi connectivity index (χ0v) is 11.9. The number of sulfonamides is 1. The number of nitrogens with two attached hydrogens (primary N) is 1. The van der Waals surface area contributed by atoms with Gasteiger partial charge in [0.05, 0.1) is 5.69 Å². The number of para-hydroxylation sites is 1. The number of halogens is 1. The Hall–Kier alpha value is -1.18. The Morgan fingerprint density at radius 3 is 2.60 bits per heavy atom. The summed E-state index contributed by atoms with van der Waals surface area (Å²) in [6, 6.07) is 3.74. The third-order valence-electron chi connectivity index (χ3n) is 4.27. The molecule has 0 aliphatic carbocycles. The molecule has 110 valence electrons. The van der Waals surface area contributed by atoms with Crippen LogP contribution in [-0.2, 0) is 10.0 Å². The molecule has 1 aromatic rings. The summed E-state index contributed by atoms with van der Waals surface area (Å²) < 4.78 is 40.9. The number of piperidine rings is 3. The van der Waals surface area contributed by atoms with Crippen LogP contribution in [0.5, 0.6) is 0 Å². The smallest absolute Gasteiger partial charge is 0.243 e. The molecule has 1 atom stereocenters. The van der Waals surface area contributed by atoms with Gasteiger partial charge in [-0.05, 0) is 44.0 Å². The first-order chi connectivity index (χ1) is 9.47. The van der Waals surface area contributed by atoms with Crippen molar-refractivity contribution in [1.82, 2.24) is 9.62 Å². The van der Waals surface area contributed by atoms with Crippen LogP contribution in [0.2, 0.25) is 0 Å². The number of anilines is 1. The van der Waals surface area contributed by atoms with Gasteiger partial charge < -0.3 is 10.6 Å². The summed E-state index contributed by atoms with van der Waals surface area (Å²) in [6.07, 6.45) is 2.01. The third kappa shape index (κ3) is 2.41. The fourth-order valence-electron chi connectivity index (χ4n) is 3.11. The lowest BCUT2D eigenvalue weighted by Crippen LogP contribution is -2.57. The van der Waals surface area contributed by atoms with E-state index in [1.54, 1.807) is 0 Å². The van der Waals surface area contributed by atoms with Crippen LogP contribution in [0.25, 0.3) is 0 Å². The van der Waals surface area contributed by atoms with Crippen molar-refractivity contribution in [3.8, 4) is 0 Å². The van der Waals surface area contributed by atoms with Crippen molar-refractivity contribution in [2.24, 2.45) is 5.92 Å². The predicted octanol–water partition coefficient (Wildman–Crippen LogP) is 0.780. The highest BCUT2D eigenvalue weighted by Gasteiger charge is 2.37. The van der Waals surface area contributed by atoms with Crippen molar-refractivity contribution in [1.29, 1.82) is 0 Å². The minimum Gasteiger partial charge on any atom is -0.395 e. The molecule has 20 heavy (non-hydrogen) atoms. The van der Waals surface area contributed by atoms with Crippen molar-refractivity contribution < 1.29 is 12.8 Å². The summed E-state index contributed by atoms with van der Waals surface area (Å²) in [5.41, 5.74) is 5.23. The van der Waals surface area contributed by atoms with E-state index >= 15 is 0 Å². The molecule has 7 heteroatoms. The van der Waals surface area contributed by atoms with Crippen molar-refractivity contribution in [3.63, 3.8) is 0 Å². The molecule has 0 saturated carbocycles. The summed E-state index contributed by atoms with van der Waals surface area (Å²) in [4.78, 5) is 2.08. The van der Waals surface area contributed by atoms with Gasteiger partial charge >= 0.3 is 0 Å². The lowest BCUT2D eigenvalue weighted by molar-refractivity contribution is 0.0827. The second kappa shape index (κ2) is 4.98. The van der Waals surface area contributed by atoms with Gasteiger partial charge in [-0.2, -0.15) is 0 Å². The molecule has 3 aliphatic heterocycles. The van der Waals surface area contributed by atoms with E-state index in [4.69, 9.17) is 5.73 Å². The fraction of sp³-hybridized carbons (Fsp3) is 0.538. The summed E-state index contributed by atoms with van der Waals surface area (Å²) in [5.74, 6) is -0.341. The largest absolute Gasteiger partial charge is 0.395 e. The molecule has 5 nitrogen and oxygen atoms in total. The molecule has 0 spiro atoms. The molecule has 1 aromatic carbocycles. The van der Waals surface area contributed by atoms with E-state index in [1.807, 2.05) is 0 Å². The number of nitrogen functional groups attached to an aromatic ring is 1. The molecular formula is C13H18FN3O2S. The van der Waals surface area contributed by atoms with Crippen molar-refractivity contribution in [2.75, 3.05) is 25.4 Å². The first kappa shape index (κ1) is 13.8. The van der Waals surface area contributed by atoms with E-state index in [2.05, 4.69) is 9.62 Å². The topological polar surface area (TPSA) is 75.4 Å². The van der Waals surface area contributed by atoms with Gasteiger partial charge in [-0.15, -0.1) is 0 Å². The molecule has 3 saturated heterocycles. The van der Waals surface area contributed by atoms with Crippen molar-refractivity contribution >= 4 is 15.7 Å². The Kier molecular flexibility index (Phi) is 3.43. The van der Waals surface area contributed by atoms with Crippen LogP contribution >= 0.6 is 0 Å².